The molecule has 0 saturated heterocycles. The van der Waals surface area contributed by atoms with Crippen LogP contribution in [-0.2, 0) is 19.3 Å². The summed E-state index contributed by atoms with van der Waals surface area (Å²) >= 11 is 0. The van der Waals surface area contributed by atoms with Crippen molar-refractivity contribution in [2.45, 2.75) is 50.6 Å². The van der Waals surface area contributed by atoms with Gasteiger partial charge in [-0.2, -0.15) is 0 Å². The van der Waals surface area contributed by atoms with Gasteiger partial charge in [0.25, 0.3) is 0 Å². The van der Waals surface area contributed by atoms with Crippen LogP contribution in [0.2, 0.25) is 0 Å². The van der Waals surface area contributed by atoms with Gasteiger partial charge < -0.3 is 10.6 Å². The molecule has 3 unspecified atom stereocenters. The van der Waals surface area contributed by atoms with Crippen molar-refractivity contribution < 1.29 is 0 Å². The lowest BCUT2D eigenvalue weighted by molar-refractivity contribution is 0.540. The fraction of sp³-hybridized carbons (Fsp3) is 0.220. The van der Waals surface area contributed by atoms with Crippen LogP contribution in [0.5, 0.6) is 0 Å². The molecule has 8 nitrogen and oxygen atoms in total. The SMILES string of the molecule is c1cncc(-c2nc(NC3Cc4ccc(CC5CCC(Nc6nc(-c7cccnc7)nc7ccccc67)C5)cc4C3)c3ccccc3n2)c1. The van der Waals surface area contributed by atoms with Gasteiger partial charge in [0.2, 0.25) is 0 Å². The van der Waals surface area contributed by atoms with E-state index in [1.165, 1.54) is 23.1 Å². The average Bonchev–Trinajstić information content (AvgIpc) is 3.77. The lowest BCUT2D eigenvalue weighted by Gasteiger charge is -2.17. The molecule has 3 aromatic carbocycles. The van der Waals surface area contributed by atoms with Crippen molar-refractivity contribution in [3.8, 4) is 22.8 Å². The van der Waals surface area contributed by atoms with Crippen molar-refractivity contribution in [3.63, 3.8) is 0 Å². The molecule has 1 saturated carbocycles. The monoisotopic (exact) mass is 640 g/mol. The summed E-state index contributed by atoms with van der Waals surface area (Å²) in [5.41, 5.74) is 8.03. The number of fused-ring (bicyclic) bond motifs is 3. The van der Waals surface area contributed by atoms with Crippen molar-refractivity contribution in [3.05, 3.63) is 132 Å². The van der Waals surface area contributed by atoms with Crippen molar-refractivity contribution in [1.82, 2.24) is 29.9 Å². The Morgan fingerprint density at radius 3 is 1.82 bits per heavy atom. The number of hydrogen-bond acceptors (Lipinski definition) is 8. The number of aromatic nitrogens is 6. The summed E-state index contributed by atoms with van der Waals surface area (Å²) in [6, 6.07) is 32.2. The van der Waals surface area contributed by atoms with E-state index in [4.69, 9.17) is 19.9 Å². The number of pyridine rings is 2. The molecule has 2 N–H and O–H groups in total. The van der Waals surface area contributed by atoms with E-state index in [-0.39, 0.29) is 6.04 Å². The van der Waals surface area contributed by atoms with Gasteiger partial charge in [-0.1, -0.05) is 42.5 Å². The zero-order chi connectivity index (χ0) is 32.6. The zero-order valence-electron chi connectivity index (χ0n) is 27.1. The summed E-state index contributed by atoms with van der Waals surface area (Å²) in [5.74, 6) is 3.83. The molecule has 7 aromatic rings. The normalized spacial score (nSPS) is 18.5. The molecule has 4 aromatic heterocycles. The molecule has 8 heteroatoms. The van der Waals surface area contributed by atoms with E-state index < -0.39 is 0 Å². The first kappa shape index (κ1) is 29.4. The molecule has 0 spiro atoms. The largest absolute Gasteiger partial charge is 0.367 e. The first-order valence-corrected chi connectivity index (χ1v) is 17.2. The number of para-hydroxylation sites is 2. The second kappa shape index (κ2) is 12.7. The standard InChI is InChI=1S/C41H36N8/c1-3-11-36-34(9-1)40(48-38(46-36)29-7-5-17-42-24-29)44-32-16-14-27(21-32)19-26-13-15-28-22-33(23-31(28)20-26)45-41-35-10-2-4-12-37(35)47-39(49-41)30-8-6-18-43-25-30/h1-13,15,17-18,20,24-25,27,32-33H,14,16,19,21-23H2,(H,44,46,48)(H,45,47,49). The molecule has 9 rings (SSSR count). The molecule has 3 atom stereocenters. The highest BCUT2D eigenvalue weighted by atomic mass is 15.1. The Balaban J connectivity index is 0.879. The summed E-state index contributed by atoms with van der Waals surface area (Å²) in [5, 5.41) is 9.71. The van der Waals surface area contributed by atoms with Gasteiger partial charge in [-0.25, -0.2) is 19.9 Å². The van der Waals surface area contributed by atoms with E-state index in [0.29, 0.717) is 23.6 Å². The minimum absolute atomic E-state index is 0.282. The van der Waals surface area contributed by atoms with E-state index in [0.717, 1.165) is 76.7 Å². The van der Waals surface area contributed by atoms with Gasteiger partial charge in [-0.15, -0.1) is 0 Å². The maximum Gasteiger partial charge on any atom is 0.163 e. The van der Waals surface area contributed by atoms with Crippen molar-refractivity contribution in [1.29, 1.82) is 0 Å². The van der Waals surface area contributed by atoms with Crippen LogP contribution in [0.15, 0.2) is 116 Å². The number of nitrogens with zero attached hydrogens (tertiary/aromatic N) is 6. The molecular weight excluding hydrogens is 605 g/mol. The smallest absolute Gasteiger partial charge is 0.163 e. The van der Waals surface area contributed by atoms with Crippen LogP contribution in [-0.4, -0.2) is 42.0 Å². The lowest BCUT2D eigenvalue weighted by atomic mass is 9.95. The van der Waals surface area contributed by atoms with E-state index in [1.807, 2.05) is 48.8 Å². The molecule has 4 heterocycles. The maximum absolute atomic E-state index is 4.98. The van der Waals surface area contributed by atoms with Gasteiger partial charge in [0.05, 0.1) is 11.0 Å². The fourth-order valence-corrected chi connectivity index (χ4v) is 7.63. The number of anilines is 2. The minimum Gasteiger partial charge on any atom is -0.367 e. The van der Waals surface area contributed by atoms with E-state index in [2.05, 4.69) is 75.2 Å². The summed E-state index contributed by atoms with van der Waals surface area (Å²) < 4.78 is 0. The highest BCUT2D eigenvalue weighted by Gasteiger charge is 2.28. The Morgan fingerprint density at radius 2 is 1.18 bits per heavy atom. The van der Waals surface area contributed by atoms with Crippen LogP contribution in [0.1, 0.15) is 36.0 Å². The minimum atomic E-state index is 0.282. The number of hydrogen-bond donors (Lipinski definition) is 2. The molecule has 0 bridgehead atoms. The van der Waals surface area contributed by atoms with Crippen LogP contribution in [0.3, 0.4) is 0 Å². The Kier molecular flexibility index (Phi) is 7.61. The summed E-state index contributed by atoms with van der Waals surface area (Å²) in [7, 11) is 0. The van der Waals surface area contributed by atoms with Gasteiger partial charge in [-0.3, -0.25) is 9.97 Å². The van der Waals surface area contributed by atoms with E-state index in [9.17, 15) is 0 Å². The summed E-state index contributed by atoms with van der Waals surface area (Å²) in [4.78, 5) is 28.2. The first-order chi connectivity index (χ1) is 24.2. The Bertz CT molecular complexity index is 2270. The molecule has 240 valence electrons. The molecule has 0 radical (unpaired) electrons. The van der Waals surface area contributed by atoms with Gasteiger partial charge in [0.1, 0.15) is 11.6 Å². The van der Waals surface area contributed by atoms with Crippen LogP contribution in [0.4, 0.5) is 11.6 Å². The van der Waals surface area contributed by atoms with Gasteiger partial charge in [-0.05, 0) is 110 Å². The third-order valence-corrected chi connectivity index (χ3v) is 10.00. The van der Waals surface area contributed by atoms with Gasteiger partial charge in [0, 0.05) is 58.8 Å². The highest BCUT2D eigenvalue weighted by Crippen LogP contribution is 2.35. The van der Waals surface area contributed by atoms with Crippen molar-refractivity contribution in [2.24, 2.45) is 5.92 Å². The molecule has 2 aliphatic rings. The topological polar surface area (TPSA) is 101 Å². The summed E-state index contributed by atoms with van der Waals surface area (Å²) in [6.45, 7) is 0. The van der Waals surface area contributed by atoms with Gasteiger partial charge in [0.15, 0.2) is 11.6 Å². The third kappa shape index (κ3) is 6.06. The predicted octanol–water partition coefficient (Wildman–Crippen LogP) is 8.10. The van der Waals surface area contributed by atoms with Crippen LogP contribution < -0.4 is 10.6 Å². The third-order valence-electron chi connectivity index (χ3n) is 10.00. The van der Waals surface area contributed by atoms with Crippen LogP contribution >= 0.6 is 0 Å². The second-order valence-electron chi connectivity index (χ2n) is 13.4. The number of nitrogens with one attached hydrogen (secondary N) is 2. The van der Waals surface area contributed by atoms with E-state index >= 15 is 0 Å². The summed E-state index contributed by atoms with van der Waals surface area (Å²) in [6.07, 6.45) is 13.7. The predicted molar refractivity (Wildman–Crippen MR) is 195 cm³/mol. The molecule has 0 aliphatic heterocycles. The molecule has 2 aliphatic carbocycles. The molecule has 49 heavy (non-hydrogen) atoms. The van der Waals surface area contributed by atoms with Crippen molar-refractivity contribution in [2.75, 3.05) is 10.6 Å². The van der Waals surface area contributed by atoms with Crippen LogP contribution in [0.25, 0.3) is 44.6 Å². The van der Waals surface area contributed by atoms with Crippen LogP contribution in [0, 0.1) is 5.92 Å². The lowest BCUT2D eigenvalue weighted by Crippen LogP contribution is -2.20. The Labute approximate surface area is 285 Å². The van der Waals surface area contributed by atoms with Crippen molar-refractivity contribution >= 4 is 33.4 Å². The van der Waals surface area contributed by atoms with Gasteiger partial charge >= 0.3 is 0 Å². The van der Waals surface area contributed by atoms with E-state index in [1.54, 1.807) is 12.4 Å². The number of rotatable bonds is 8. The zero-order valence-corrected chi connectivity index (χ0v) is 27.1. The molecule has 1 fully saturated rings. The average molecular weight is 641 g/mol. The Morgan fingerprint density at radius 1 is 0.571 bits per heavy atom. The quantitative estimate of drug-likeness (QED) is 0.172. The number of benzene rings is 3. The molecular formula is C41H36N8. The Hall–Kier alpha value is -5.76. The highest BCUT2D eigenvalue weighted by molar-refractivity contribution is 5.91. The maximum atomic E-state index is 4.98. The molecule has 0 amide bonds. The fourth-order valence-electron chi connectivity index (χ4n) is 7.63. The second-order valence-corrected chi connectivity index (χ2v) is 13.4. The first-order valence-electron chi connectivity index (χ1n) is 17.2.